The molecule has 8 nitrogen and oxygen atoms in total. The Hall–Kier alpha value is -2.58. The predicted octanol–water partition coefficient (Wildman–Crippen LogP) is 2.86. The Morgan fingerprint density at radius 3 is 2.79 bits per heavy atom. The molecule has 2 aromatic rings. The maximum Gasteiger partial charge on any atom is 0.270 e. The van der Waals surface area contributed by atoms with Gasteiger partial charge in [0.15, 0.2) is 5.82 Å². The molecule has 0 amide bonds. The molecule has 1 aromatic carbocycles. The van der Waals surface area contributed by atoms with Crippen LogP contribution in [0.15, 0.2) is 30.3 Å². The van der Waals surface area contributed by atoms with Crippen LogP contribution in [-0.2, 0) is 0 Å². The van der Waals surface area contributed by atoms with Crippen LogP contribution in [0.1, 0.15) is 25.5 Å². The van der Waals surface area contributed by atoms with E-state index in [1.807, 2.05) is 6.92 Å². The summed E-state index contributed by atoms with van der Waals surface area (Å²) in [5, 5.41) is 24.5. The molecule has 1 fully saturated rings. The minimum Gasteiger partial charge on any atom is -0.390 e. The number of aliphatic hydroxyl groups is 1. The lowest BCUT2D eigenvalue weighted by molar-refractivity contribution is -0.384. The highest BCUT2D eigenvalue weighted by atomic mass is 16.6. The van der Waals surface area contributed by atoms with E-state index in [0.717, 1.165) is 24.7 Å². The number of hydrogen-bond acceptors (Lipinski definition) is 7. The van der Waals surface area contributed by atoms with Gasteiger partial charge in [0.25, 0.3) is 5.69 Å². The Bertz CT molecular complexity index is 821. The second kappa shape index (κ2) is 9.07. The number of anilines is 1. The maximum atomic E-state index is 11.0. The lowest BCUT2D eigenvalue weighted by Gasteiger charge is -2.31. The van der Waals surface area contributed by atoms with Gasteiger partial charge in [-0.05, 0) is 38.8 Å². The van der Waals surface area contributed by atoms with Crippen molar-refractivity contribution in [2.45, 2.75) is 32.8 Å². The molecule has 8 heteroatoms. The zero-order valence-electron chi connectivity index (χ0n) is 16.3. The summed E-state index contributed by atoms with van der Waals surface area (Å²) in [4.78, 5) is 21.7. The van der Waals surface area contributed by atoms with Crippen LogP contribution in [0.2, 0.25) is 0 Å². The van der Waals surface area contributed by atoms with Crippen molar-refractivity contribution in [3.8, 4) is 11.4 Å². The first-order valence-electron chi connectivity index (χ1n) is 9.65. The van der Waals surface area contributed by atoms with Gasteiger partial charge in [-0.3, -0.25) is 10.1 Å². The van der Waals surface area contributed by atoms with E-state index in [2.05, 4.69) is 27.1 Å². The van der Waals surface area contributed by atoms with Gasteiger partial charge < -0.3 is 15.3 Å². The standard InChI is InChI=1S/C20H27N5O3/c1-14-6-8-24(9-7-14)13-18(26)12-21-19-10-15(2)22-20(23-19)16-4-3-5-17(11-16)25(27)28/h3-5,10-11,14,18,26H,6-9,12-13H2,1-2H3,(H,21,22,23). The van der Waals surface area contributed by atoms with Gasteiger partial charge in [0.1, 0.15) is 5.82 Å². The van der Waals surface area contributed by atoms with Crippen LogP contribution in [0.3, 0.4) is 0 Å². The number of aromatic nitrogens is 2. The van der Waals surface area contributed by atoms with Gasteiger partial charge >= 0.3 is 0 Å². The number of aryl methyl sites for hydroxylation is 1. The molecule has 150 valence electrons. The van der Waals surface area contributed by atoms with Crippen LogP contribution in [0.25, 0.3) is 11.4 Å². The van der Waals surface area contributed by atoms with Crippen LogP contribution in [0, 0.1) is 23.0 Å². The monoisotopic (exact) mass is 385 g/mol. The van der Waals surface area contributed by atoms with Crippen molar-refractivity contribution in [2.24, 2.45) is 5.92 Å². The minimum atomic E-state index is -0.495. The van der Waals surface area contributed by atoms with Crippen molar-refractivity contribution in [3.63, 3.8) is 0 Å². The Morgan fingerprint density at radius 2 is 2.07 bits per heavy atom. The van der Waals surface area contributed by atoms with Gasteiger partial charge in [0, 0.05) is 42.5 Å². The first kappa shape index (κ1) is 20.2. The van der Waals surface area contributed by atoms with Gasteiger partial charge in [0.05, 0.1) is 11.0 Å². The number of rotatable bonds is 7. The van der Waals surface area contributed by atoms with Crippen LogP contribution in [0.4, 0.5) is 11.5 Å². The summed E-state index contributed by atoms with van der Waals surface area (Å²) >= 11 is 0. The fourth-order valence-corrected chi connectivity index (χ4v) is 3.38. The summed E-state index contributed by atoms with van der Waals surface area (Å²) < 4.78 is 0. The Morgan fingerprint density at radius 1 is 1.32 bits per heavy atom. The highest BCUT2D eigenvalue weighted by molar-refractivity contribution is 5.61. The Labute approximate surface area is 164 Å². The van der Waals surface area contributed by atoms with Crippen molar-refractivity contribution >= 4 is 11.5 Å². The molecule has 1 unspecified atom stereocenters. The number of nitro benzene ring substituents is 1. The summed E-state index contributed by atoms with van der Waals surface area (Å²) in [5.74, 6) is 1.79. The van der Waals surface area contributed by atoms with Crippen LogP contribution in [-0.4, -0.2) is 57.2 Å². The molecular formula is C20H27N5O3. The summed E-state index contributed by atoms with van der Waals surface area (Å²) in [5.41, 5.74) is 1.34. The maximum absolute atomic E-state index is 11.0. The first-order valence-corrected chi connectivity index (χ1v) is 9.65. The van der Waals surface area contributed by atoms with Gasteiger partial charge in [-0.25, -0.2) is 9.97 Å². The summed E-state index contributed by atoms with van der Waals surface area (Å²) in [6, 6.07) is 8.07. The molecule has 0 radical (unpaired) electrons. The number of hydrogen-bond donors (Lipinski definition) is 2. The van der Waals surface area contributed by atoms with Crippen LogP contribution in [0.5, 0.6) is 0 Å². The number of aliphatic hydroxyl groups excluding tert-OH is 1. The summed E-state index contributed by atoms with van der Waals surface area (Å²) in [6.07, 6.45) is 1.86. The van der Waals surface area contributed by atoms with Crippen LogP contribution < -0.4 is 5.32 Å². The van der Waals surface area contributed by atoms with E-state index in [4.69, 9.17) is 0 Å². The van der Waals surface area contributed by atoms with Gasteiger partial charge in [-0.1, -0.05) is 19.1 Å². The molecule has 1 aliphatic rings. The molecule has 0 bridgehead atoms. The second-order valence-electron chi connectivity index (χ2n) is 7.54. The van der Waals surface area contributed by atoms with E-state index in [0.29, 0.717) is 30.3 Å². The second-order valence-corrected chi connectivity index (χ2v) is 7.54. The highest BCUT2D eigenvalue weighted by Gasteiger charge is 2.18. The van der Waals surface area contributed by atoms with E-state index >= 15 is 0 Å². The van der Waals surface area contributed by atoms with Crippen molar-refractivity contribution in [1.82, 2.24) is 14.9 Å². The van der Waals surface area contributed by atoms with Crippen molar-refractivity contribution in [2.75, 3.05) is 31.5 Å². The van der Waals surface area contributed by atoms with Crippen molar-refractivity contribution < 1.29 is 10.0 Å². The van der Waals surface area contributed by atoms with E-state index in [1.54, 1.807) is 18.2 Å². The number of likely N-dealkylation sites (tertiary alicyclic amines) is 1. The molecule has 1 saturated heterocycles. The Kier molecular flexibility index (Phi) is 6.53. The summed E-state index contributed by atoms with van der Waals surface area (Å²) in [7, 11) is 0. The topological polar surface area (TPSA) is 104 Å². The molecule has 28 heavy (non-hydrogen) atoms. The minimum absolute atomic E-state index is 0.00314. The molecule has 3 rings (SSSR count). The van der Waals surface area contributed by atoms with Crippen LogP contribution >= 0.6 is 0 Å². The number of benzene rings is 1. The molecular weight excluding hydrogens is 358 g/mol. The molecule has 0 aliphatic carbocycles. The zero-order valence-corrected chi connectivity index (χ0v) is 16.3. The largest absolute Gasteiger partial charge is 0.390 e. The van der Waals surface area contributed by atoms with Gasteiger partial charge in [-0.2, -0.15) is 0 Å². The van der Waals surface area contributed by atoms with E-state index in [1.165, 1.54) is 25.0 Å². The third-order valence-corrected chi connectivity index (χ3v) is 5.03. The van der Waals surface area contributed by atoms with Crippen molar-refractivity contribution in [3.05, 3.63) is 46.1 Å². The van der Waals surface area contributed by atoms with E-state index < -0.39 is 11.0 Å². The normalized spacial score (nSPS) is 16.7. The molecule has 1 aromatic heterocycles. The number of nitro groups is 1. The zero-order chi connectivity index (χ0) is 20.1. The first-order chi connectivity index (χ1) is 13.4. The number of non-ortho nitro benzene ring substituents is 1. The quantitative estimate of drug-likeness (QED) is 0.558. The third kappa shape index (κ3) is 5.46. The molecule has 1 aliphatic heterocycles. The fourth-order valence-electron chi connectivity index (χ4n) is 3.38. The molecule has 2 N–H and O–H groups in total. The fraction of sp³-hybridized carbons (Fsp3) is 0.500. The Balaban J connectivity index is 1.63. The number of nitrogens with zero attached hydrogens (tertiary/aromatic N) is 4. The number of piperidine rings is 1. The molecule has 2 heterocycles. The predicted molar refractivity (Wildman–Crippen MR) is 108 cm³/mol. The lowest BCUT2D eigenvalue weighted by atomic mass is 9.99. The number of β-amino-alcohol motifs (C(OH)–C–C–N with tert-alkyl or cyclic N) is 1. The van der Waals surface area contributed by atoms with E-state index in [9.17, 15) is 15.2 Å². The average Bonchev–Trinajstić information content (AvgIpc) is 2.68. The smallest absolute Gasteiger partial charge is 0.270 e. The lowest BCUT2D eigenvalue weighted by Crippen LogP contribution is -2.40. The molecule has 0 saturated carbocycles. The molecule has 0 spiro atoms. The third-order valence-electron chi connectivity index (χ3n) is 5.03. The van der Waals surface area contributed by atoms with Gasteiger partial charge in [0.2, 0.25) is 0 Å². The SMILES string of the molecule is Cc1cc(NCC(O)CN2CCC(C)CC2)nc(-c2cccc([N+](=O)[O-])c2)n1. The number of nitrogens with one attached hydrogen (secondary N) is 1. The van der Waals surface area contributed by atoms with Crippen molar-refractivity contribution in [1.29, 1.82) is 0 Å². The molecule has 1 atom stereocenters. The van der Waals surface area contributed by atoms with Gasteiger partial charge in [-0.15, -0.1) is 0 Å². The van der Waals surface area contributed by atoms with E-state index in [-0.39, 0.29) is 5.69 Å². The average molecular weight is 385 g/mol. The highest BCUT2D eigenvalue weighted by Crippen LogP contribution is 2.22. The summed E-state index contributed by atoms with van der Waals surface area (Å²) in [6.45, 7) is 7.20.